The Bertz CT molecular complexity index is 504. The van der Waals surface area contributed by atoms with Crippen LogP contribution in [0.1, 0.15) is 11.1 Å². The van der Waals surface area contributed by atoms with Gasteiger partial charge in [0.05, 0.1) is 19.8 Å². The maximum Gasteiger partial charge on any atom is 0.236 e. The highest BCUT2D eigenvalue weighted by Gasteiger charge is 2.22. The number of hydrogen-bond donors (Lipinski definition) is 0. The first-order chi connectivity index (χ1) is 11.2. The predicted molar refractivity (Wildman–Crippen MR) is 90.3 cm³/mol. The third-order valence-electron chi connectivity index (χ3n) is 4.71. The van der Waals surface area contributed by atoms with Crippen LogP contribution >= 0.6 is 0 Å². The molecule has 0 radical (unpaired) electrons. The fourth-order valence-electron chi connectivity index (χ4n) is 3.16. The Balaban J connectivity index is 1.41. The molecule has 0 atom stereocenters. The van der Waals surface area contributed by atoms with Crippen molar-refractivity contribution in [1.82, 2.24) is 14.7 Å². The third kappa shape index (κ3) is 4.77. The van der Waals surface area contributed by atoms with Gasteiger partial charge in [-0.3, -0.25) is 14.6 Å². The number of carbonyl (C=O) groups is 1. The van der Waals surface area contributed by atoms with Crippen molar-refractivity contribution in [2.45, 2.75) is 13.5 Å². The topological polar surface area (TPSA) is 36.0 Å². The summed E-state index contributed by atoms with van der Waals surface area (Å²) in [4.78, 5) is 19.0. The summed E-state index contributed by atoms with van der Waals surface area (Å²) in [5.41, 5.74) is 2.67. The summed E-state index contributed by atoms with van der Waals surface area (Å²) in [7, 11) is 0. The second kappa shape index (κ2) is 7.90. The molecule has 5 nitrogen and oxygen atoms in total. The Labute approximate surface area is 138 Å². The number of ether oxygens (including phenoxy) is 1. The van der Waals surface area contributed by atoms with Gasteiger partial charge in [-0.2, -0.15) is 0 Å². The SMILES string of the molecule is Cc1ccc(CN2CCN(CC(=O)N3CCOCC3)CC2)cc1. The number of hydrogen-bond acceptors (Lipinski definition) is 4. The molecule has 5 heteroatoms. The van der Waals surface area contributed by atoms with E-state index in [0.717, 1.165) is 45.8 Å². The largest absolute Gasteiger partial charge is 0.378 e. The Morgan fingerprint density at radius 1 is 0.957 bits per heavy atom. The van der Waals surface area contributed by atoms with E-state index in [0.29, 0.717) is 19.8 Å². The lowest BCUT2D eigenvalue weighted by atomic mass is 10.1. The molecule has 2 aliphatic rings. The van der Waals surface area contributed by atoms with Gasteiger partial charge in [-0.25, -0.2) is 0 Å². The van der Waals surface area contributed by atoms with Crippen molar-refractivity contribution in [2.75, 3.05) is 59.0 Å². The van der Waals surface area contributed by atoms with Crippen LogP contribution in [0.25, 0.3) is 0 Å². The van der Waals surface area contributed by atoms with Crippen molar-refractivity contribution in [3.8, 4) is 0 Å². The van der Waals surface area contributed by atoms with Gasteiger partial charge in [-0.1, -0.05) is 29.8 Å². The summed E-state index contributed by atoms with van der Waals surface area (Å²) in [6.07, 6.45) is 0. The van der Waals surface area contributed by atoms with Crippen molar-refractivity contribution >= 4 is 5.91 Å². The highest BCUT2D eigenvalue weighted by atomic mass is 16.5. The Morgan fingerprint density at radius 3 is 2.22 bits per heavy atom. The second-order valence-electron chi connectivity index (χ2n) is 6.53. The summed E-state index contributed by atoms with van der Waals surface area (Å²) in [5, 5.41) is 0. The highest BCUT2D eigenvalue weighted by molar-refractivity contribution is 5.78. The normalized spacial score (nSPS) is 20.7. The fraction of sp³-hybridized carbons (Fsp3) is 0.611. The molecule has 0 spiro atoms. The van der Waals surface area contributed by atoms with Gasteiger partial charge in [0.25, 0.3) is 0 Å². The van der Waals surface area contributed by atoms with Crippen molar-refractivity contribution in [3.05, 3.63) is 35.4 Å². The molecule has 126 valence electrons. The van der Waals surface area contributed by atoms with Gasteiger partial charge in [0.2, 0.25) is 5.91 Å². The maximum atomic E-state index is 12.3. The van der Waals surface area contributed by atoms with Crippen molar-refractivity contribution < 1.29 is 9.53 Å². The molecule has 2 heterocycles. The summed E-state index contributed by atoms with van der Waals surface area (Å²) >= 11 is 0. The van der Waals surface area contributed by atoms with E-state index in [4.69, 9.17) is 4.74 Å². The van der Waals surface area contributed by atoms with Gasteiger partial charge in [-0.15, -0.1) is 0 Å². The van der Waals surface area contributed by atoms with Crippen LogP contribution in [-0.2, 0) is 16.1 Å². The number of amides is 1. The second-order valence-corrected chi connectivity index (χ2v) is 6.53. The van der Waals surface area contributed by atoms with Crippen molar-refractivity contribution in [3.63, 3.8) is 0 Å². The summed E-state index contributed by atoms with van der Waals surface area (Å²) in [6, 6.07) is 8.77. The Kier molecular flexibility index (Phi) is 5.65. The number of rotatable bonds is 4. The molecule has 0 aliphatic carbocycles. The van der Waals surface area contributed by atoms with E-state index in [1.165, 1.54) is 11.1 Å². The molecule has 1 aromatic rings. The molecule has 1 amide bonds. The van der Waals surface area contributed by atoms with Crippen LogP contribution in [-0.4, -0.2) is 79.6 Å². The zero-order valence-electron chi connectivity index (χ0n) is 14.0. The molecule has 2 aliphatic heterocycles. The van der Waals surface area contributed by atoms with E-state index in [-0.39, 0.29) is 5.91 Å². The van der Waals surface area contributed by atoms with E-state index in [2.05, 4.69) is 41.0 Å². The Hall–Kier alpha value is -1.43. The molecule has 2 fully saturated rings. The zero-order valence-corrected chi connectivity index (χ0v) is 14.0. The summed E-state index contributed by atoms with van der Waals surface area (Å²) in [6.45, 7) is 10.5. The molecule has 3 rings (SSSR count). The van der Waals surface area contributed by atoms with Crippen LogP contribution in [0.15, 0.2) is 24.3 Å². The standard InChI is InChI=1S/C18H27N3O2/c1-16-2-4-17(5-3-16)14-19-6-8-20(9-7-19)15-18(22)21-10-12-23-13-11-21/h2-5H,6-15H2,1H3. The molecule has 0 saturated carbocycles. The Morgan fingerprint density at radius 2 is 1.57 bits per heavy atom. The van der Waals surface area contributed by atoms with E-state index in [9.17, 15) is 4.79 Å². The summed E-state index contributed by atoms with van der Waals surface area (Å²) < 4.78 is 5.30. The van der Waals surface area contributed by atoms with Crippen molar-refractivity contribution in [1.29, 1.82) is 0 Å². The average molecular weight is 317 g/mol. The number of benzene rings is 1. The lowest BCUT2D eigenvalue weighted by Gasteiger charge is -2.36. The number of carbonyl (C=O) groups excluding carboxylic acids is 1. The van der Waals surface area contributed by atoms with Crippen molar-refractivity contribution in [2.24, 2.45) is 0 Å². The van der Waals surface area contributed by atoms with Gasteiger partial charge in [-0.05, 0) is 12.5 Å². The minimum atomic E-state index is 0.250. The maximum absolute atomic E-state index is 12.3. The third-order valence-corrected chi connectivity index (χ3v) is 4.71. The molecule has 0 N–H and O–H groups in total. The van der Waals surface area contributed by atoms with Crippen LogP contribution in [0.2, 0.25) is 0 Å². The molecule has 23 heavy (non-hydrogen) atoms. The summed E-state index contributed by atoms with van der Waals surface area (Å²) in [5.74, 6) is 0.250. The van der Waals surface area contributed by atoms with E-state index in [1.54, 1.807) is 0 Å². The van der Waals surface area contributed by atoms with Gasteiger partial charge in [0, 0.05) is 45.8 Å². The first-order valence-corrected chi connectivity index (χ1v) is 8.56. The molecule has 1 aromatic carbocycles. The average Bonchev–Trinajstić information content (AvgIpc) is 2.59. The molecule has 2 saturated heterocycles. The van der Waals surface area contributed by atoms with Gasteiger partial charge in [0.1, 0.15) is 0 Å². The van der Waals surface area contributed by atoms with Crippen LogP contribution in [0, 0.1) is 6.92 Å². The van der Waals surface area contributed by atoms with Gasteiger partial charge in [0.15, 0.2) is 0 Å². The zero-order chi connectivity index (χ0) is 16.1. The minimum absolute atomic E-state index is 0.250. The number of nitrogens with zero attached hydrogens (tertiary/aromatic N) is 3. The van der Waals surface area contributed by atoms with Gasteiger partial charge < -0.3 is 9.64 Å². The smallest absolute Gasteiger partial charge is 0.236 e. The van der Waals surface area contributed by atoms with Gasteiger partial charge >= 0.3 is 0 Å². The first kappa shape index (κ1) is 16.4. The van der Waals surface area contributed by atoms with Crippen LogP contribution in [0.3, 0.4) is 0 Å². The number of morpholine rings is 1. The van der Waals surface area contributed by atoms with Crippen LogP contribution in [0.4, 0.5) is 0 Å². The van der Waals surface area contributed by atoms with E-state index in [1.807, 2.05) is 4.90 Å². The molecule has 0 unspecified atom stereocenters. The quantitative estimate of drug-likeness (QED) is 0.829. The van der Waals surface area contributed by atoms with E-state index < -0.39 is 0 Å². The molecule has 0 aromatic heterocycles. The monoisotopic (exact) mass is 317 g/mol. The van der Waals surface area contributed by atoms with E-state index >= 15 is 0 Å². The molecular formula is C18H27N3O2. The number of piperazine rings is 1. The number of aryl methyl sites for hydroxylation is 1. The van der Waals surface area contributed by atoms with Crippen LogP contribution in [0.5, 0.6) is 0 Å². The fourth-order valence-corrected chi connectivity index (χ4v) is 3.16. The first-order valence-electron chi connectivity index (χ1n) is 8.56. The predicted octanol–water partition coefficient (Wildman–Crippen LogP) is 0.971. The lowest BCUT2D eigenvalue weighted by molar-refractivity contribution is -0.136. The molecule has 0 bridgehead atoms. The lowest BCUT2D eigenvalue weighted by Crippen LogP contribution is -2.51. The highest BCUT2D eigenvalue weighted by Crippen LogP contribution is 2.10. The van der Waals surface area contributed by atoms with Crippen LogP contribution < -0.4 is 0 Å². The minimum Gasteiger partial charge on any atom is -0.378 e. The molecular weight excluding hydrogens is 290 g/mol.